The Morgan fingerprint density at radius 3 is 2.65 bits per heavy atom. The molecule has 0 spiro atoms. The molecule has 0 aliphatic rings. The number of para-hydroxylation sites is 1. The molecule has 3 aromatic heterocycles. The molecular formula is C22H13N5O2S2. The van der Waals surface area contributed by atoms with Gasteiger partial charge in [0.05, 0.1) is 39.5 Å². The molecule has 0 aliphatic carbocycles. The van der Waals surface area contributed by atoms with E-state index in [9.17, 15) is 9.59 Å². The molecule has 150 valence electrons. The van der Waals surface area contributed by atoms with Crippen molar-refractivity contribution >= 4 is 44.2 Å². The van der Waals surface area contributed by atoms with Crippen LogP contribution in [0.4, 0.5) is 0 Å². The van der Waals surface area contributed by atoms with Crippen molar-refractivity contribution in [3.63, 3.8) is 0 Å². The van der Waals surface area contributed by atoms with Crippen LogP contribution < -0.4 is 11.1 Å². The molecule has 0 radical (unpaired) electrons. The Morgan fingerprint density at radius 1 is 1.03 bits per heavy atom. The summed E-state index contributed by atoms with van der Waals surface area (Å²) < 4.78 is 2.11. The highest BCUT2D eigenvalue weighted by molar-refractivity contribution is 7.98. The van der Waals surface area contributed by atoms with Gasteiger partial charge < -0.3 is 4.98 Å². The molecule has 3 heterocycles. The summed E-state index contributed by atoms with van der Waals surface area (Å²) in [6.07, 6.45) is 0. The van der Waals surface area contributed by atoms with Crippen molar-refractivity contribution in [3.05, 3.63) is 92.1 Å². The van der Waals surface area contributed by atoms with Crippen molar-refractivity contribution in [3.8, 4) is 11.8 Å². The van der Waals surface area contributed by atoms with Crippen LogP contribution in [0.3, 0.4) is 0 Å². The number of benzene rings is 2. The zero-order valence-corrected chi connectivity index (χ0v) is 17.5. The van der Waals surface area contributed by atoms with Gasteiger partial charge in [0, 0.05) is 0 Å². The summed E-state index contributed by atoms with van der Waals surface area (Å²) in [5, 5.41) is 11.9. The fourth-order valence-corrected chi connectivity index (χ4v) is 4.85. The summed E-state index contributed by atoms with van der Waals surface area (Å²) in [4.78, 5) is 37.5. The molecule has 0 saturated carbocycles. The first kappa shape index (κ1) is 19.2. The molecule has 0 bridgehead atoms. The number of hydrogen-bond donors (Lipinski definition) is 1. The monoisotopic (exact) mass is 443 g/mol. The lowest BCUT2D eigenvalue weighted by Crippen LogP contribution is -2.22. The number of thiophene rings is 1. The van der Waals surface area contributed by atoms with Gasteiger partial charge in [-0.2, -0.15) is 5.26 Å². The number of nitriles is 1. The molecule has 0 amide bonds. The summed E-state index contributed by atoms with van der Waals surface area (Å²) in [6, 6.07) is 17.8. The van der Waals surface area contributed by atoms with Gasteiger partial charge in [-0.1, -0.05) is 23.9 Å². The van der Waals surface area contributed by atoms with Gasteiger partial charge in [-0.25, -0.2) is 9.97 Å². The fraction of sp³-hybridized carbons (Fsp3) is 0.0455. The number of fused-ring (bicyclic) bond motifs is 2. The number of H-pyrrole nitrogens is 1. The van der Waals surface area contributed by atoms with Crippen molar-refractivity contribution in [2.24, 2.45) is 0 Å². The van der Waals surface area contributed by atoms with E-state index >= 15 is 0 Å². The first-order valence-corrected chi connectivity index (χ1v) is 11.1. The molecule has 0 unspecified atom stereocenters. The number of thioether (sulfide) groups is 1. The van der Waals surface area contributed by atoms with Crippen LogP contribution in [0, 0.1) is 11.3 Å². The van der Waals surface area contributed by atoms with E-state index in [1.807, 2.05) is 17.5 Å². The third-order valence-corrected chi connectivity index (χ3v) is 6.55. The summed E-state index contributed by atoms with van der Waals surface area (Å²) in [7, 11) is 0. The number of rotatable bonds is 4. The van der Waals surface area contributed by atoms with E-state index in [1.54, 1.807) is 42.5 Å². The van der Waals surface area contributed by atoms with Crippen LogP contribution in [-0.2, 0) is 5.75 Å². The number of nitrogens with one attached hydrogen (secondary N) is 1. The van der Waals surface area contributed by atoms with E-state index in [4.69, 9.17) is 5.26 Å². The highest BCUT2D eigenvalue weighted by Crippen LogP contribution is 2.24. The van der Waals surface area contributed by atoms with E-state index in [0.717, 1.165) is 0 Å². The maximum Gasteiger partial charge on any atom is 0.268 e. The molecule has 7 nitrogen and oxygen atoms in total. The minimum absolute atomic E-state index is 0.174. The largest absolute Gasteiger partial charge is 0.309 e. The van der Waals surface area contributed by atoms with Crippen LogP contribution in [0.1, 0.15) is 11.4 Å². The first-order chi connectivity index (χ1) is 15.1. The molecule has 5 rings (SSSR count). The van der Waals surface area contributed by atoms with Crippen molar-refractivity contribution in [1.82, 2.24) is 19.5 Å². The van der Waals surface area contributed by atoms with Crippen molar-refractivity contribution in [1.29, 1.82) is 5.26 Å². The van der Waals surface area contributed by atoms with Gasteiger partial charge in [0.1, 0.15) is 10.5 Å². The zero-order valence-electron chi connectivity index (χ0n) is 15.9. The third-order valence-electron chi connectivity index (χ3n) is 4.70. The normalized spacial score (nSPS) is 11.1. The van der Waals surface area contributed by atoms with Crippen LogP contribution >= 0.6 is 23.1 Å². The van der Waals surface area contributed by atoms with Gasteiger partial charge in [0.15, 0.2) is 5.16 Å². The molecule has 0 saturated heterocycles. The summed E-state index contributed by atoms with van der Waals surface area (Å²) in [6.45, 7) is 0. The molecule has 0 fully saturated rings. The Labute approximate surface area is 183 Å². The predicted octanol–water partition coefficient (Wildman–Crippen LogP) is 3.85. The maximum absolute atomic E-state index is 13.3. The Morgan fingerprint density at radius 2 is 1.84 bits per heavy atom. The van der Waals surface area contributed by atoms with E-state index in [2.05, 4.69) is 21.0 Å². The van der Waals surface area contributed by atoms with Crippen molar-refractivity contribution in [2.45, 2.75) is 10.9 Å². The van der Waals surface area contributed by atoms with E-state index in [0.29, 0.717) is 49.1 Å². The molecule has 31 heavy (non-hydrogen) atoms. The van der Waals surface area contributed by atoms with Crippen LogP contribution in [0.15, 0.2) is 74.7 Å². The van der Waals surface area contributed by atoms with Crippen LogP contribution in [0.25, 0.3) is 26.8 Å². The number of aromatic amines is 1. The molecule has 0 atom stereocenters. The number of hydrogen-bond acceptors (Lipinski definition) is 7. The average Bonchev–Trinajstić information content (AvgIpc) is 3.27. The number of aromatic nitrogens is 4. The smallest absolute Gasteiger partial charge is 0.268 e. The molecule has 5 aromatic rings. The van der Waals surface area contributed by atoms with Gasteiger partial charge in [-0.3, -0.25) is 14.2 Å². The summed E-state index contributed by atoms with van der Waals surface area (Å²) >= 11 is 2.66. The average molecular weight is 444 g/mol. The third kappa shape index (κ3) is 3.52. The second-order valence-electron chi connectivity index (χ2n) is 6.65. The highest BCUT2D eigenvalue weighted by atomic mass is 32.2. The zero-order chi connectivity index (χ0) is 21.4. The lowest BCUT2D eigenvalue weighted by atomic mass is 10.2. The number of nitrogens with zero attached hydrogens (tertiary/aromatic N) is 4. The second-order valence-corrected chi connectivity index (χ2v) is 8.51. The van der Waals surface area contributed by atoms with Crippen LogP contribution in [0.5, 0.6) is 0 Å². The van der Waals surface area contributed by atoms with Crippen molar-refractivity contribution < 1.29 is 0 Å². The topological polar surface area (TPSA) is 104 Å². The van der Waals surface area contributed by atoms with Gasteiger partial charge in [-0.15, -0.1) is 11.3 Å². The van der Waals surface area contributed by atoms with Gasteiger partial charge >= 0.3 is 0 Å². The van der Waals surface area contributed by atoms with E-state index in [-0.39, 0.29) is 11.1 Å². The van der Waals surface area contributed by atoms with Gasteiger partial charge in [-0.05, 0) is 47.8 Å². The molecule has 1 N–H and O–H groups in total. The minimum Gasteiger partial charge on any atom is -0.309 e. The van der Waals surface area contributed by atoms with Crippen LogP contribution in [0.2, 0.25) is 0 Å². The lowest BCUT2D eigenvalue weighted by Gasteiger charge is -2.13. The predicted molar refractivity (Wildman–Crippen MR) is 122 cm³/mol. The summed E-state index contributed by atoms with van der Waals surface area (Å²) in [5.74, 6) is 0.844. The van der Waals surface area contributed by atoms with E-state index < -0.39 is 0 Å². The Hall–Kier alpha value is -3.74. The molecule has 2 aromatic carbocycles. The minimum atomic E-state index is -0.201. The van der Waals surface area contributed by atoms with Gasteiger partial charge in [0.25, 0.3) is 11.1 Å². The van der Waals surface area contributed by atoms with E-state index in [1.165, 1.54) is 27.7 Å². The lowest BCUT2D eigenvalue weighted by molar-refractivity contribution is 0.818. The highest BCUT2D eigenvalue weighted by Gasteiger charge is 2.14. The van der Waals surface area contributed by atoms with Crippen LogP contribution in [-0.4, -0.2) is 19.5 Å². The second kappa shape index (κ2) is 7.83. The van der Waals surface area contributed by atoms with Crippen molar-refractivity contribution in [2.75, 3.05) is 0 Å². The molecular weight excluding hydrogens is 430 g/mol. The van der Waals surface area contributed by atoms with Gasteiger partial charge in [0.2, 0.25) is 0 Å². The standard InChI is InChI=1S/C22H13N5O2S2/c23-11-13-5-7-14(8-6-13)27-21(29)15-3-1-2-4-16(15)25-22(27)31-12-18-24-17-9-10-30-19(17)20(28)26-18/h1-10H,12H2,(H,24,26,28). The first-order valence-electron chi connectivity index (χ1n) is 9.25. The quantitative estimate of drug-likeness (QED) is 0.334. The Balaban J connectivity index is 1.61. The Kier molecular flexibility index (Phi) is 4.86. The Bertz CT molecular complexity index is 1590. The molecule has 0 aliphatic heterocycles. The maximum atomic E-state index is 13.3. The SMILES string of the molecule is N#Cc1ccc(-n2c(SCc3nc4ccsc4c(=O)[nH]3)nc3ccccc3c2=O)cc1. The molecule has 9 heteroatoms. The fourth-order valence-electron chi connectivity index (χ4n) is 3.24. The summed E-state index contributed by atoms with van der Waals surface area (Å²) in [5.41, 5.74) is 1.99.